The van der Waals surface area contributed by atoms with Gasteiger partial charge in [0, 0.05) is 11.4 Å². The van der Waals surface area contributed by atoms with Crippen LogP contribution in [0.3, 0.4) is 0 Å². The van der Waals surface area contributed by atoms with E-state index in [1.807, 2.05) is 0 Å². The molecular weight excluding hydrogens is 380 g/mol. The lowest BCUT2D eigenvalue weighted by Crippen LogP contribution is -2.49. The summed E-state index contributed by atoms with van der Waals surface area (Å²) < 4.78 is 69.5. The van der Waals surface area contributed by atoms with Gasteiger partial charge in [0.25, 0.3) is 0 Å². The highest BCUT2D eigenvalue weighted by atomic mass is 32.2. The smallest absolute Gasteiger partial charge is 0.373 e. The summed E-state index contributed by atoms with van der Waals surface area (Å²) in [5.74, 6) is 0. The number of halogens is 2. The van der Waals surface area contributed by atoms with Crippen molar-refractivity contribution in [2.75, 3.05) is 0 Å². The van der Waals surface area contributed by atoms with Crippen LogP contribution in [-0.4, -0.2) is 23.0 Å². The van der Waals surface area contributed by atoms with Crippen molar-refractivity contribution in [2.24, 2.45) is 0 Å². The number of hydrogen-bond acceptors (Lipinski definition) is 4. The van der Waals surface area contributed by atoms with Crippen LogP contribution in [0, 0.1) is 0 Å². The molecule has 0 bridgehead atoms. The molecule has 0 unspecified atom stereocenters. The molecule has 1 N–H and O–H groups in total. The Kier molecular flexibility index (Phi) is 6.12. The lowest BCUT2D eigenvalue weighted by Gasteiger charge is -2.32. The molecule has 0 aliphatic rings. The average molecular weight is 402 g/mol. The number of hydrogen-bond donors (Lipinski definition) is 1. The molecule has 0 saturated carbocycles. The molecule has 0 aromatic heterocycles. The highest BCUT2D eigenvalue weighted by molar-refractivity contribution is 7.93. The summed E-state index contributed by atoms with van der Waals surface area (Å²) in [5, 5.41) is -4.21. The van der Waals surface area contributed by atoms with Crippen LogP contribution in [0.5, 0.6) is 0 Å². The van der Waals surface area contributed by atoms with Gasteiger partial charge in [-0.25, -0.2) is 8.42 Å². The highest BCUT2D eigenvalue weighted by Gasteiger charge is 2.56. The number of nitrogens with one attached hydrogen (secondary N) is 1. The Bertz CT molecular complexity index is 823. The van der Waals surface area contributed by atoms with Crippen LogP contribution in [0.15, 0.2) is 65.6 Å². The highest BCUT2D eigenvalue weighted by Crippen LogP contribution is 2.41. The van der Waals surface area contributed by atoms with Gasteiger partial charge in [0.15, 0.2) is 6.04 Å². The zero-order valence-corrected chi connectivity index (χ0v) is 16.3. The maximum absolute atomic E-state index is 15.2. The molecule has 0 heterocycles. The fourth-order valence-corrected chi connectivity index (χ4v) is 4.43. The third kappa shape index (κ3) is 4.25. The predicted molar refractivity (Wildman–Crippen MR) is 98.8 cm³/mol. The van der Waals surface area contributed by atoms with Gasteiger partial charge in [0.2, 0.25) is 9.84 Å². The molecule has 8 heteroatoms. The minimum Gasteiger partial charge on any atom is -0.598 e. The molecule has 0 spiro atoms. The molecule has 2 aromatic carbocycles. The topological polar surface area (TPSA) is 69.2 Å². The Morgan fingerprint density at radius 2 is 1.42 bits per heavy atom. The normalized spacial score (nSPS) is 15.5. The number of benzene rings is 2. The standard InChI is InChI=1S/C18H21F2NO3S2/c1-17(2,3)25(22)21-16(14-10-6-4-7-11-14)18(19,20)26(23,24)15-12-8-5-9-13-15/h4-13,16,21H,1-3H3/t16-,25+/m1/s1. The summed E-state index contributed by atoms with van der Waals surface area (Å²) in [5.41, 5.74) is 0.0367. The van der Waals surface area contributed by atoms with Gasteiger partial charge in [0.05, 0.1) is 4.90 Å². The largest absolute Gasteiger partial charge is 0.598 e. The van der Waals surface area contributed by atoms with Crippen molar-refractivity contribution in [3.63, 3.8) is 0 Å². The van der Waals surface area contributed by atoms with Crippen molar-refractivity contribution in [1.82, 2.24) is 4.72 Å². The Balaban J connectivity index is 2.53. The number of rotatable bonds is 6. The quantitative estimate of drug-likeness (QED) is 0.747. The van der Waals surface area contributed by atoms with E-state index in [0.717, 1.165) is 12.1 Å². The third-order valence-electron chi connectivity index (χ3n) is 3.66. The molecule has 26 heavy (non-hydrogen) atoms. The van der Waals surface area contributed by atoms with E-state index in [2.05, 4.69) is 4.72 Å². The summed E-state index contributed by atoms with van der Waals surface area (Å²) in [6, 6.07) is 12.0. The minimum atomic E-state index is -5.01. The SMILES string of the molecule is CC(C)(C)[S@+]([O-])N[C@H](c1ccccc1)C(F)(F)S(=O)(=O)c1ccccc1. The van der Waals surface area contributed by atoms with E-state index in [0.29, 0.717) is 0 Å². The minimum absolute atomic E-state index is 0.0367. The Hall–Kier alpha value is -1.48. The average Bonchev–Trinajstić information content (AvgIpc) is 2.59. The fourth-order valence-electron chi connectivity index (χ4n) is 2.17. The summed E-state index contributed by atoms with van der Waals surface area (Å²) in [7, 11) is -5.01. The molecule has 2 rings (SSSR count). The Labute approximate surface area is 155 Å². The van der Waals surface area contributed by atoms with E-state index in [4.69, 9.17) is 0 Å². The van der Waals surface area contributed by atoms with E-state index in [1.165, 1.54) is 36.4 Å². The van der Waals surface area contributed by atoms with Gasteiger partial charge >= 0.3 is 5.25 Å². The first kappa shape index (κ1) is 20.8. The third-order valence-corrected chi connectivity index (χ3v) is 7.07. The summed E-state index contributed by atoms with van der Waals surface area (Å²) in [6.07, 6.45) is 0. The van der Waals surface area contributed by atoms with Crippen LogP contribution >= 0.6 is 0 Å². The van der Waals surface area contributed by atoms with E-state index in [1.54, 1.807) is 32.9 Å². The molecule has 0 aliphatic heterocycles. The van der Waals surface area contributed by atoms with Crippen LogP contribution < -0.4 is 4.72 Å². The molecular formula is C18H21F2NO3S2. The zero-order chi connectivity index (χ0) is 19.6. The van der Waals surface area contributed by atoms with Crippen LogP contribution in [0.25, 0.3) is 0 Å². The van der Waals surface area contributed by atoms with Crippen molar-refractivity contribution < 1.29 is 21.8 Å². The molecule has 2 aromatic rings. The maximum Gasteiger partial charge on any atom is 0.373 e. The Morgan fingerprint density at radius 3 is 1.88 bits per heavy atom. The van der Waals surface area contributed by atoms with E-state index < -0.39 is 42.1 Å². The molecule has 0 saturated heterocycles. The van der Waals surface area contributed by atoms with Crippen molar-refractivity contribution in [1.29, 1.82) is 0 Å². The first-order chi connectivity index (χ1) is 12.0. The summed E-state index contributed by atoms with van der Waals surface area (Å²) in [4.78, 5) is -0.491. The lowest BCUT2D eigenvalue weighted by molar-refractivity contribution is 0.0553. The summed E-state index contributed by atoms with van der Waals surface area (Å²) >= 11 is -1.90. The van der Waals surface area contributed by atoms with E-state index in [-0.39, 0.29) is 5.56 Å². The van der Waals surface area contributed by atoms with Gasteiger partial charge < -0.3 is 4.55 Å². The molecule has 4 nitrogen and oxygen atoms in total. The molecule has 2 atom stereocenters. The van der Waals surface area contributed by atoms with Gasteiger partial charge in [-0.15, -0.1) is 4.72 Å². The molecule has 0 radical (unpaired) electrons. The predicted octanol–water partition coefficient (Wildman–Crippen LogP) is 3.85. The second-order valence-electron chi connectivity index (χ2n) is 6.72. The second-order valence-corrected chi connectivity index (χ2v) is 10.7. The summed E-state index contributed by atoms with van der Waals surface area (Å²) in [6.45, 7) is 4.84. The first-order valence-electron chi connectivity index (χ1n) is 7.88. The zero-order valence-electron chi connectivity index (χ0n) is 14.6. The van der Waals surface area contributed by atoms with Crippen molar-refractivity contribution in [3.8, 4) is 0 Å². The van der Waals surface area contributed by atoms with Crippen molar-refractivity contribution in [3.05, 3.63) is 66.2 Å². The monoisotopic (exact) mass is 401 g/mol. The van der Waals surface area contributed by atoms with Gasteiger partial charge in [0.1, 0.15) is 4.75 Å². The van der Waals surface area contributed by atoms with Gasteiger partial charge in [-0.05, 0) is 38.5 Å². The lowest BCUT2D eigenvalue weighted by atomic mass is 10.1. The number of sulfone groups is 1. The van der Waals surface area contributed by atoms with Gasteiger partial charge in [-0.1, -0.05) is 48.5 Å². The van der Waals surface area contributed by atoms with Crippen LogP contribution in [0.2, 0.25) is 0 Å². The Morgan fingerprint density at radius 1 is 0.962 bits per heavy atom. The second kappa shape index (κ2) is 7.64. The van der Waals surface area contributed by atoms with Crippen molar-refractivity contribution in [2.45, 2.75) is 41.7 Å². The fraction of sp³-hybridized carbons (Fsp3) is 0.333. The molecule has 142 valence electrons. The molecule has 0 fully saturated rings. The van der Waals surface area contributed by atoms with Crippen LogP contribution in [0.1, 0.15) is 32.4 Å². The molecule has 0 amide bonds. The van der Waals surface area contributed by atoms with Gasteiger partial charge in [-0.2, -0.15) is 8.78 Å². The van der Waals surface area contributed by atoms with Gasteiger partial charge in [-0.3, -0.25) is 0 Å². The van der Waals surface area contributed by atoms with Crippen molar-refractivity contribution >= 4 is 21.2 Å². The number of alkyl halides is 2. The van der Waals surface area contributed by atoms with E-state index >= 15 is 8.78 Å². The maximum atomic E-state index is 15.2. The van der Waals surface area contributed by atoms with Crippen LogP contribution in [0.4, 0.5) is 8.78 Å². The molecule has 0 aliphatic carbocycles. The van der Waals surface area contributed by atoms with Crippen LogP contribution in [-0.2, 0) is 21.2 Å². The van der Waals surface area contributed by atoms with E-state index in [9.17, 15) is 13.0 Å². The first-order valence-corrected chi connectivity index (χ1v) is 10.5.